The van der Waals surface area contributed by atoms with Crippen LogP contribution in [-0.2, 0) is 6.18 Å². The fourth-order valence-electron chi connectivity index (χ4n) is 10.5. The molecule has 0 bridgehead atoms. The molecule has 6 heteroatoms. The largest absolute Gasteiger partial charge is 0.416 e. The summed E-state index contributed by atoms with van der Waals surface area (Å²) in [5, 5.41) is 4.11. The van der Waals surface area contributed by atoms with E-state index in [9.17, 15) is 13.2 Å². The van der Waals surface area contributed by atoms with E-state index in [1.54, 1.807) is 19.1 Å². The minimum absolute atomic E-state index is 0.00729. The molecular weight excluding hydrogens is 784 g/mol. The first-order chi connectivity index (χ1) is 30.2. The van der Waals surface area contributed by atoms with Gasteiger partial charge in [0.05, 0.1) is 45.6 Å². The first-order valence-electron chi connectivity index (χ1n) is 21.2. The molecule has 10 aromatic rings. The van der Waals surface area contributed by atoms with E-state index in [0.29, 0.717) is 16.9 Å². The molecule has 10 rings (SSSR count). The summed E-state index contributed by atoms with van der Waals surface area (Å²) < 4.78 is 49.3. The molecule has 0 spiro atoms. The zero-order chi connectivity index (χ0) is 44.1. The lowest BCUT2D eigenvalue weighted by Crippen LogP contribution is -2.09. The van der Waals surface area contributed by atoms with Crippen LogP contribution in [0, 0.1) is 55.0 Å². The number of benzene rings is 8. The van der Waals surface area contributed by atoms with Crippen molar-refractivity contribution in [3.8, 4) is 44.8 Å². The Morgan fingerprint density at radius 3 is 1.33 bits per heavy atom. The molecule has 0 saturated carbocycles. The number of rotatable bonds is 5. The number of aromatic nitrogens is 2. The van der Waals surface area contributed by atoms with Crippen molar-refractivity contribution < 1.29 is 13.2 Å². The van der Waals surface area contributed by atoms with E-state index in [1.165, 1.54) is 50.6 Å². The summed E-state index contributed by atoms with van der Waals surface area (Å²) in [6.45, 7) is 23.1. The molecule has 2 heterocycles. The minimum Gasteiger partial charge on any atom is -0.308 e. The molecule has 0 saturated heterocycles. The zero-order valence-corrected chi connectivity index (χ0v) is 36.3. The van der Waals surface area contributed by atoms with Crippen LogP contribution >= 0.6 is 0 Å². The number of hydrogen-bond acceptors (Lipinski definition) is 0. The summed E-state index contributed by atoms with van der Waals surface area (Å²) in [5.41, 5.74) is 16.8. The van der Waals surface area contributed by atoms with Gasteiger partial charge in [0.15, 0.2) is 5.69 Å². The number of alkyl halides is 3. The lowest BCUT2D eigenvalue weighted by Gasteiger charge is -2.22. The highest BCUT2D eigenvalue weighted by Crippen LogP contribution is 2.48. The number of fused-ring (bicyclic) bond motifs is 6. The van der Waals surface area contributed by atoms with E-state index in [-0.39, 0.29) is 16.8 Å². The van der Waals surface area contributed by atoms with E-state index in [0.717, 1.165) is 60.8 Å². The van der Waals surface area contributed by atoms with Gasteiger partial charge in [0.1, 0.15) is 0 Å². The molecule has 0 radical (unpaired) electrons. The van der Waals surface area contributed by atoms with Gasteiger partial charge in [-0.25, -0.2) is 4.85 Å². The van der Waals surface area contributed by atoms with Crippen LogP contribution < -0.4 is 0 Å². The number of para-hydroxylation sites is 2. The van der Waals surface area contributed by atoms with Gasteiger partial charge in [0.25, 0.3) is 0 Å². The number of nitrogens with zero attached hydrogens (tertiary/aromatic N) is 3. The van der Waals surface area contributed by atoms with Crippen LogP contribution in [0.3, 0.4) is 0 Å². The molecule has 0 N–H and O–H groups in total. The molecule has 0 unspecified atom stereocenters. The van der Waals surface area contributed by atoms with E-state index in [2.05, 4.69) is 140 Å². The van der Waals surface area contributed by atoms with Crippen LogP contribution in [0.15, 0.2) is 140 Å². The van der Waals surface area contributed by atoms with Gasteiger partial charge < -0.3 is 9.13 Å². The van der Waals surface area contributed by atoms with Crippen LogP contribution in [0.4, 0.5) is 18.9 Å². The van der Waals surface area contributed by atoms with Crippen LogP contribution in [0.5, 0.6) is 0 Å². The van der Waals surface area contributed by atoms with Gasteiger partial charge in [0, 0.05) is 21.5 Å². The Hall–Kier alpha value is -7.36. The quantitative estimate of drug-likeness (QED) is 0.154. The summed E-state index contributed by atoms with van der Waals surface area (Å²) in [6.07, 6.45) is -4.65. The highest BCUT2D eigenvalue weighted by molar-refractivity contribution is 6.13. The first kappa shape index (κ1) is 39.8. The van der Waals surface area contributed by atoms with Crippen LogP contribution in [-0.4, -0.2) is 9.13 Å². The smallest absolute Gasteiger partial charge is 0.308 e. The predicted molar refractivity (Wildman–Crippen MR) is 256 cm³/mol. The normalized spacial score (nSPS) is 12.0. The predicted octanol–water partition coefficient (Wildman–Crippen LogP) is 16.6. The van der Waals surface area contributed by atoms with Gasteiger partial charge in [-0.05, 0) is 164 Å². The van der Waals surface area contributed by atoms with E-state index < -0.39 is 11.7 Å². The Kier molecular flexibility index (Phi) is 9.24. The first-order valence-corrected chi connectivity index (χ1v) is 21.2. The topological polar surface area (TPSA) is 14.2 Å². The maximum atomic E-state index is 15.0. The Morgan fingerprint density at radius 1 is 0.429 bits per heavy atom. The summed E-state index contributed by atoms with van der Waals surface area (Å²) in [7, 11) is 0. The zero-order valence-electron chi connectivity index (χ0n) is 36.3. The average Bonchev–Trinajstić information content (AvgIpc) is 3.74. The molecular formula is C57H44F3N3. The van der Waals surface area contributed by atoms with Gasteiger partial charge in [0.2, 0.25) is 0 Å². The van der Waals surface area contributed by atoms with Crippen LogP contribution in [0.25, 0.3) is 93.2 Å². The van der Waals surface area contributed by atoms with Crippen molar-refractivity contribution >= 4 is 49.3 Å². The molecule has 3 nitrogen and oxygen atoms in total. The van der Waals surface area contributed by atoms with Crippen molar-refractivity contribution in [2.75, 3.05) is 0 Å². The van der Waals surface area contributed by atoms with Crippen LogP contribution in [0.2, 0.25) is 0 Å². The highest BCUT2D eigenvalue weighted by Gasteiger charge is 2.35. The molecule has 0 atom stereocenters. The third-order valence-corrected chi connectivity index (χ3v) is 12.8. The van der Waals surface area contributed by atoms with Crippen molar-refractivity contribution in [3.05, 3.63) is 195 Å². The van der Waals surface area contributed by atoms with Crippen molar-refractivity contribution in [2.24, 2.45) is 0 Å². The SMILES string of the molecule is [C-]#[N+]c1cc(-n2c3ccccc3c3cc(-c4c(C)cc(C)cc4C)ccc32)c(-n2c3ccccc3c3cc(-c4c(C)cc(C)cc4C)ccc32)cc1-c1c(C)cccc1C(F)(F)F. The molecule has 308 valence electrons. The number of aryl methyl sites for hydroxylation is 7. The maximum Gasteiger partial charge on any atom is 0.416 e. The molecule has 0 aliphatic heterocycles. The Bertz CT molecular complexity index is 3540. The second kappa shape index (κ2) is 14.6. The van der Waals surface area contributed by atoms with E-state index in [1.807, 2.05) is 30.3 Å². The van der Waals surface area contributed by atoms with Gasteiger partial charge in [-0.15, -0.1) is 0 Å². The van der Waals surface area contributed by atoms with Crippen LogP contribution in [0.1, 0.15) is 44.5 Å². The summed E-state index contributed by atoms with van der Waals surface area (Å²) in [5.74, 6) is 0. The third-order valence-electron chi connectivity index (χ3n) is 12.8. The summed E-state index contributed by atoms with van der Waals surface area (Å²) >= 11 is 0. The highest BCUT2D eigenvalue weighted by atomic mass is 19.4. The lowest BCUT2D eigenvalue weighted by atomic mass is 9.92. The molecule has 0 aliphatic carbocycles. The number of hydrogen-bond donors (Lipinski definition) is 0. The van der Waals surface area contributed by atoms with E-state index >= 15 is 0 Å². The van der Waals surface area contributed by atoms with Gasteiger partial charge >= 0.3 is 6.18 Å². The van der Waals surface area contributed by atoms with Crippen molar-refractivity contribution in [2.45, 2.75) is 54.6 Å². The van der Waals surface area contributed by atoms with Gasteiger partial charge in [-0.1, -0.05) is 96.1 Å². The Balaban J connectivity index is 1.34. The Morgan fingerprint density at radius 2 is 0.873 bits per heavy atom. The van der Waals surface area contributed by atoms with Crippen molar-refractivity contribution in [1.29, 1.82) is 0 Å². The monoisotopic (exact) mass is 827 g/mol. The van der Waals surface area contributed by atoms with Crippen molar-refractivity contribution in [1.82, 2.24) is 9.13 Å². The third kappa shape index (κ3) is 6.33. The fraction of sp³-hybridized carbons (Fsp3) is 0.140. The Labute approximate surface area is 365 Å². The van der Waals surface area contributed by atoms with Gasteiger partial charge in [-0.2, -0.15) is 13.2 Å². The molecule has 0 aliphatic rings. The summed E-state index contributed by atoms with van der Waals surface area (Å²) in [6, 6.07) is 46.2. The minimum atomic E-state index is -4.65. The second-order valence-electron chi connectivity index (χ2n) is 17.2. The average molecular weight is 828 g/mol. The molecule has 8 aromatic carbocycles. The molecule has 0 amide bonds. The molecule has 0 fully saturated rings. The summed E-state index contributed by atoms with van der Waals surface area (Å²) in [4.78, 5) is 4.00. The van der Waals surface area contributed by atoms with E-state index in [4.69, 9.17) is 6.57 Å². The standard InChI is InChI=1S/C57H44F3N3/c1-32-24-35(4)54(36(5)25-32)39-20-22-50-43(28-39)41-15-9-11-18-48(41)62(50)52-30-45(56-34(3)14-13-17-46(56)57(58,59)60)47(61-8)31-53(52)63-49-19-12-10-16-42(49)44-29-40(21-23-51(44)63)55-37(6)26-33(2)27-38(55)7/h9-31H,1-7H3. The van der Waals surface area contributed by atoms with Gasteiger partial charge in [-0.3, -0.25) is 0 Å². The second-order valence-corrected chi connectivity index (χ2v) is 17.2. The lowest BCUT2D eigenvalue weighted by molar-refractivity contribution is -0.137. The number of halogens is 3. The van der Waals surface area contributed by atoms with Crippen molar-refractivity contribution in [3.63, 3.8) is 0 Å². The molecule has 2 aromatic heterocycles. The fourth-order valence-corrected chi connectivity index (χ4v) is 10.5. The molecule has 63 heavy (non-hydrogen) atoms. The maximum absolute atomic E-state index is 15.0.